The Morgan fingerprint density at radius 2 is 1.93 bits per heavy atom. The largest absolute Gasteiger partial charge is 0.492 e. The number of hydrogen-bond acceptors (Lipinski definition) is 4. The second-order valence-corrected chi connectivity index (χ2v) is 5.85. The van der Waals surface area contributed by atoms with Crippen molar-refractivity contribution in [2.75, 3.05) is 32.8 Å². The average molecular weight is 369 g/mol. The zero-order chi connectivity index (χ0) is 19.3. The zero-order valence-electron chi connectivity index (χ0n) is 15.9. The number of pyridine rings is 1. The summed E-state index contributed by atoms with van der Waals surface area (Å²) in [6.45, 7) is 6.89. The Kier molecular flexibility index (Phi) is 8.62. The number of aryl methyl sites for hydroxylation is 1. The number of aromatic nitrogens is 1. The van der Waals surface area contributed by atoms with E-state index in [1.807, 2.05) is 38.1 Å². The van der Waals surface area contributed by atoms with Crippen molar-refractivity contribution in [3.05, 3.63) is 59.9 Å². The lowest BCUT2D eigenvalue weighted by molar-refractivity contribution is 0.0954. The lowest BCUT2D eigenvalue weighted by Crippen LogP contribution is -2.40. The molecule has 0 saturated carbocycles. The van der Waals surface area contributed by atoms with Gasteiger partial charge >= 0.3 is 0 Å². The minimum atomic E-state index is -0.150. The van der Waals surface area contributed by atoms with Gasteiger partial charge in [0.1, 0.15) is 12.4 Å². The van der Waals surface area contributed by atoms with Crippen molar-refractivity contribution < 1.29 is 9.53 Å². The van der Waals surface area contributed by atoms with E-state index in [9.17, 15) is 4.79 Å². The average Bonchev–Trinajstić information content (AvgIpc) is 2.70. The van der Waals surface area contributed by atoms with Gasteiger partial charge in [-0.05, 0) is 38.1 Å². The van der Waals surface area contributed by atoms with Crippen LogP contribution in [0.25, 0.3) is 0 Å². The molecule has 2 aromatic rings. The van der Waals surface area contributed by atoms with Gasteiger partial charge < -0.3 is 20.7 Å². The number of ether oxygens (including phenoxy) is 1. The molecule has 0 radical (unpaired) electrons. The number of nitrogens with zero attached hydrogens (tertiary/aromatic N) is 2. The maximum Gasteiger partial charge on any atom is 0.252 e. The molecule has 0 aliphatic rings. The fourth-order valence-electron chi connectivity index (χ4n) is 2.25. The maximum absolute atomic E-state index is 11.9. The number of amides is 1. The van der Waals surface area contributed by atoms with Crippen molar-refractivity contribution in [3.63, 3.8) is 0 Å². The molecule has 2 rings (SSSR count). The first-order valence-corrected chi connectivity index (χ1v) is 9.09. The number of nitrogens with one attached hydrogen (secondary N) is 3. The van der Waals surface area contributed by atoms with Crippen molar-refractivity contribution in [1.29, 1.82) is 0 Å². The van der Waals surface area contributed by atoms with E-state index in [4.69, 9.17) is 4.74 Å². The Hall–Kier alpha value is -3.09. The van der Waals surface area contributed by atoms with Gasteiger partial charge in [-0.3, -0.25) is 14.8 Å². The molecular weight excluding hydrogens is 342 g/mol. The molecule has 0 bridgehead atoms. The summed E-state index contributed by atoms with van der Waals surface area (Å²) in [5.41, 5.74) is 1.75. The highest BCUT2D eigenvalue weighted by molar-refractivity contribution is 5.93. The first kappa shape index (κ1) is 20.2. The van der Waals surface area contributed by atoms with E-state index >= 15 is 0 Å². The summed E-state index contributed by atoms with van der Waals surface area (Å²) in [7, 11) is 0. The topological polar surface area (TPSA) is 87.6 Å². The Balaban J connectivity index is 1.68. The van der Waals surface area contributed by atoms with Crippen LogP contribution in [0.3, 0.4) is 0 Å². The van der Waals surface area contributed by atoms with E-state index in [0.717, 1.165) is 12.3 Å². The molecule has 3 N–H and O–H groups in total. The van der Waals surface area contributed by atoms with Crippen LogP contribution < -0.4 is 20.7 Å². The fourth-order valence-corrected chi connectivity index (χ4v) is 2.25. The van der Waals surface area contributed by atoms with E-state index in [0.29, 0.717) is 37.8 Å². The van der Waals surface area contributed by atoms with E-state index < -0.39 is 0 Å². The van der Waals surface area contributed by atoms with Crippen molar-refractivity contribution >= 4 is 11.9 Å². The van der Waals surface area contributed by atoms with Crippen molar-refractivity contribution in [2.45, 2.75) is 13.8 Å². The normalized spacial score (nSPS) is 11.0. The van der Waals surface area contributed by atoms with Crippen LogP contribution in [0.1, 0.15) is 22.8 Å². The van der Waals surface area contributed by atoms with Crippen molar-refractivity contribution in [2.24, 2.45) is 4.99 Å². The third kappa shape index (κ3) is 7.77. The Labute approximate surface area is 160 Å². The molecule has 27 heavy (non-hydrogen) atoms. The molecule has 0 aliphatic heterocycles. The third-order valence-corrected chi connectivity index (χ3v) is 3.62. The second-order valence-electron chi connectivity index (χ2n) is 5.85. The lowest BCUT2D eigenvalue weighted by Gasteiger charge is -2.12. The van der Waals surface area contributed by atoms with Gasteiger partial charge in [-0.25, -0.2) is 0 Å². The molecule has 7 nitrogen and oxygen atoms in total. The highest BCUT2D eigenvalue weighted by Gasteiger charge is 2.03. The summed E-state index contributed by atoms with van der Waals surface area (Å²) in [5.74, 6) is 1.39. The lowest BCUT2D eigenvalue weighted by atomic mass is 10.2. The molecule has 1 aromatic carbocycles. The fraction of sp³-hybridized carbons (Fsp3) is 0.350. The first-order chi connectivity index (χ1) is 13.2. The Bertz CT molecular complexity index is 717. The van der Waals surface area contributed by atoms with Crippen LogP contribution >= 0.6 is 0 Å². The molecule has 1 aromatic heterocycles. The third-order valence-electron chi connectivity index (χ3n) is 3.62. The summed E-state index contributed by atoms with van der Waals surface area (Å²) in [6.07, 6.45) is 3.18. The molecule has 0 aliphatic carbocycles. The number of carbonyl (C=O) groups is 1. The molecule has 0 unspecified atom stereocenters. The Morgan fingerprint density at radius 1 is 1.11 bits per heavy atom. The quantitative estimate of drug-likeness (QED) is 0.356. The number of guanidine groups is 1. The molecule has 1 amide bonds. The maximum atomic E-state index is 11.9. The molecule has 0 saturated heterocycles. The minimum absolute atomic E-state index is 0.150. The molecule has 0 spiro atoms. The van der Waals surface area contributed by atoms with Gasteiger partial charge in [0, 0.05) is 25.5 Å². The smallest absolute Gasteiger partial charge is 0.252 e. The van der Waals surface area contributed by atoms with Gasteiger partial charge in [0.15, 0.2) is 5.96 Å². The molecule has 0 fully saturated rings. The second kappa shape index (κ2) is 11.5. The molecule has 7 heteroatoms. The summed E-state index contributed by atoms with van der Waals surface area (Å²) in [4.78, 5) is 20.3. The van der Waals surface area contributed by atoms with Gasteiger partial charge in [-0.1, -0.05) is 17.7 Å². The van der Waals surface area contributed by atoms with Gasteiger partial charge in [0.2, 0.25) is 0 Å². The highest BCUT2D eigenvalue weighted by atomic mass is 16.5. The summed E-state index contributed by atoms with van der Waals surface area (Å²) >= 11 is 0. The van der Waals surface area contributed by atoms with Gasteiger partial charge in [0.25, 0.3) is 5.91 Å². The van der Waals surface area contributed by atoms with Crippen molar-refractivity contribution in [1.82, 2.24) is 20.9 Å². The van der Waals surface area contributed by atoms with Crippen LogP contribution in [-0.4, -0.2) is 49.6 Å². The number of hydrogen-bond donors (Lipinski definition) is 3. The van der Waals surface area contributed by atoms with E-state index in [2.05, 4.69) is 25.9 Å². The van der Waals surface area contributed by atoms with Crippen LogP contribution in [0, 0.1) is 6.92 Å². The summed E-state index contributed by atoms with van der Waals surface area (Å²) in [6, 6.07) is 11.4. The van der Waals surface area contributed by atoms with Gasteiger partial charge in [-0.2, -0.15) is 0 Å². The van der Waals surface area contributed by atoms with Crippen LogP contribution in [0.5, 0.6) is 5.75 Å². The first-order valence-electron chi connectivity index (χ1n) is 9.09. The number of benzene rings is 1. The molecule has 144 valence electrons. The van der Waals surface area contributed by atoms with Gasteiger partial charge in [-0.15, -0.1) is 0 Å². The molecular formula is C20H27N5O2. The molecule has 1 heterocycles. The SMILES string of the molecule is CCNC(=NCCNC(=O)c1cccnc1)NCCOc1ccc(C)cc1. The Morgan fingerprint density at radius 3 is 2.63 bits per heavy atom. The van der Waals surface area contributed by atoms with Crippen LogP contribution in [0.4, 0.5) is 0 Å². The van der Waals surface area contributed by atoms with Crippen LogP contribution in [0.2, 0.25) is 0 Å². The number of carbonyl (C=O) groups excluding carboxylic acids is 1. The monoisotopic (exact) mass is 369 g/mol. The van der Waals surface area contributed by atoms with Crippen molar-refractivity contribution in [3.8, 4) is 5.75 Å². The van der Waals surface area contributed by atoms with Gasteiger partial charge in [0.05, 0.1) is 18.7 Å². The zero-order valence-corrected chi connectivity index (χ0v) is 15.9. The predicted octanol–water partition coefficient (Wildman–Crippen LogP) is 1.75. The number of aliphatic imine (C=N–C) groups is 1. The van der Waals surface area contributed by atoms with Crippen LogP contribution in [0.15, 0.2) is 53.8 Å². The minimum Gasteiger partial charge on any atom is -0.492 e. The standard InChI is InChI=1S/C20H27N5O2/c1-3-22-20(25-13-14-27-18-8-6-16(2)7-9-18)24-12-11-23-19(26)17-5-4-10-21-15-17/h4-10,15H,3,11-14H2,1-2H3,(H,23,26)(H2,22,24,25). The molecule has 0 atom stereocenters. The highest BCUT2D eigenvalue weighted by Crippen LogP contribution is 2.10. The van der Waals surface area contributed by atoms with Crippen LogP contribution in [-0.2, 0) is 0 Å². The predicted molar refractivity (Wildman–Crippen MR) is 107 cm³/mol. The van der Waals surface area contributed by atoms with E-state index in [1.165, 1.54) is 11.8 Å². The van der Waals surface area contributed by atoms with E-state index in [1.54, 1.807) is 18.3 Å². The number of rotatable bonds is 9. The summed E-state index contributed by atoms with van der Waals surface area (Å²) in [5, 5.41) is 9.21. The van der Waals surface area contributed by atoms with E-state index in [-0.39, 0.29) is 5.91 Å². The summed E-state index contributed by atoms with van der Waals surface area (Å²) < 4.78 is 5.69.